The number of fused-ring (bicyclic) bond motifs is 1. The van der Waals surface area contributed by atoms with Crippen LogP contribution in [0.25, 0.3) is 16.7 Å². The van der Waals surface area contributed by atoms with Gasteiger partial charge in [-0.15, -0.1) is 10.2 Å². The summed E-state index contributed by atoms with van der Waals surface area (Å²) in [5, 5.41) is 12.4. The molecule has 0 saturated heterocycles. The third kappa shape index (κ3) is 4.36. The van der Waals surface area contributed by atoms with E-state index in [2.05, 4.69) is 15.5 Å². The molecule has 1 amide bonds. The van der Waals surface area contributed by atoms with Gasteiger partial charge in [-0.3, -0.25) is 4.79 Å². The minimum absolute atomic E-state index is 0.113. The first-order valence-electron chi connectivity index (χ1n) is 9.22. The summed E-state index contributed by atoms with van der Waals surface area (Å²) in [7, 11) is 1.62. The van der Waals surface area contributed by atoms with Crippen LogP contribution < -0.4 is 14.8 Å². The molecule has 0 aliphatic carbocycles. The van der Waals surface area contributed by atoms with E-state index >= 15 is 0 Å². The summed E-state index contributed by atoms with van der Waals surface area (Å²) in [4.78, 5) is 13.8. The smallest absolute Gasteiger partial charge is 0.262 e. The molecule has 0 unspecified atom stereocenters. The number of hydrogen-bond acceptors (Lipinski definition) is 5. The van der Waals surface area contributed by atoms with Crippen molar-refractivity contribution in [2.24, 2.45) is 0 Å². The number of halogens is 1. The molecule has 4 aromatic rings. The predicted molar refractivity (Wildman–Crippen MR) is 116 cm³/mol. The van der Waals surface area contributed by atoms with Crippen molar-refractivity contribution in [1.29, 1.82) is 0 Å². The lowest BCUT2D eigenvalue weighted by atomic mass is 10.2. The van der Waals surface area contributed by atoms with Gasteiger partial charge in [-0.05, 0) is 73.2 Å². The highest BCUT2D eigenvalue weighted by atomic mass is 35.5. The van der Waals surface area contributed by atoms with E-state index in [1.807, 2.05) is 31.2 Å². The van der Waals surface area contributed by atoms with Crippen molar-refractivity contribution < 1.29 is 14.3 Å². The molecular weight excluding hydrogens is 404 g/mol. The molecule has 1 aromatic heterocycles. The number of hydrogen-bond donors (Lipinski definition) is 1. The molecule has 8 heteroatoms. The minimum Gasteiger partial charge on any atom is -0.497 e. The average molecular weight is 423 g/mol. The van der Waals surface area contributed by atoms with Crippen LogP contribution in [-0.4, -0.2) is 34.6 Å². The lowest BCUT2D eigenvalue weighted by Gasteiger charge is -2.08. The highest BCUT2D eigenvalue weighted by Crippen LogP contribution is 2.22. The zero-order valence-electron chi connectivity index (χ0n) is 16.4. The van der Waals surface area contributed by atoms with Crippen LogP contribution >= 0.6 is 11.6 Å². The van der Waals surface area contributed by atoms with Crippen molar-refractivity contribution >= 4 is 34.2 Å². The van der Waals surface area contributed by atoms with Gasteiger partial charge in [0.25, 0.3) is 5.91 Å². The Morgan fingerprint density at radius 3 is 2.47 bits per heavy atom. The molecular formula is C22H19ClN4O3. The normalized spacial score (nSPS) is 10.8. The van der Waals surface area contributed by atoms with Crippen LogP contribution in [0.15, 0.2) is 60.7 Å². The number of rotatable bonds is 6. The monoisotopic (exact) mass is 422 g/mol. The standard InChI is InChI=1S/C22H19ClN4O3/c1-14-11-18(8-9-19(14)23)30-13-22(28)24-15-3-10-20-21(12-15)26-27(25-20)16-4-6-17(29-2)7-5-16/h3-12H,13H2,1-2H3,(H,24,28). The van der Waals surface area contributed by atoms with Crippen LogP contribution in [0.5, 0.6) is 11.5 Å². The van der Waals surface area contributed by atoms with Crippen molar-refractivity contribution in [3.8, 4) is 17.2 Å². The first kappa shape index (κ1) is 19.7. The molecule has 0 bridgehead atoms. The number of benzene rings is 3. The van der Waals surface area contributed by atoms with Crippen LogP contribution in [0, 0.1) is 6.92 Å². The number of methoxy groups -OCH3 is 1. The first-order chi connectivity index (χ1) is 14.5. The number of ether oxygens (including phenoxy) is 2. The summed E-state index contributed by atoms with van der Waals surface area (Å²) in [6.45, 7) is 1.77. The van der Waals surface area contributed by atoms with Gasteiger partial charge < -0.3 is 14.8 Å². The Balaban J connectivity index is 1.43. The number of carbonyl (C=O) groups excluding carboxylic acids is 1. The van der Waals surface area contributed by atoms with E-state index in [-0.39, 0.29) is 12.5 Å². The molecule has 0 aliphatic rings. The van der Waals surface area contributed by atoms with Crippen LogP contribution in [0.4, 0.5) is 5.69 Å². The van der Waals surface area contributed by atoms with Gasteiger partial charge >= 0.3 is 0 Å². The van der Waals surface area contributed by atoms with E-state index in [9.17, 15) is 4.79 Å². The van der Waals surface area contributed by atoms with E-state index < -0.39 is 0 Å². The fraction of sp³-hybridized carbons (Fsp3) is 0.136. The molecule has 1 N–H and O–H groups in total. The topological polar surface area (TPSA) is 78.3 Å². The highest BCUT2D eigenvalue weighted by molar-refractivity contribution is 6.31. The molecule has 0 fully saturated rings. The summed E-state index contributed by atoms with van der Waals surface area (Å²) in [6.07, 6.45) is 0. The number of carbonyl (C=O) groups is 1. The van der Waals surface area contributed by atoms with Gasteiger partial charge in [0, 0.05) is 10.7 Å². The zero-order valence-corrected chi connectivity index (χ0v) is 17.2. The Hall–Kier alpha value is -3.58. The van der Waals surface area contributed by atoms with Gasteiger partial charge in [0.15, 0.2) is 6.61 Å². The Morgan fingerprint density at radius 2 is 1.73 bits per heavy atom. The highest BCUT2D eigenvalue weighted by Gasteiger charge is 2.09. The van der Waals surface area contributed by atoms with Crippen LogP contribution in [-0.2, 0) is 4.79 Å². The molecule has 30 heavy (non-hydrogen) atoms. The van der Waals surface area contributed by atoms with Crippen molar-refractivity contribution in [2.75, 3.05) is 19.0 Å². The Morgan fingerprint density at radius 1 is 1.00 bits per heavy atom. The SMILES string of the molecule is COc1ccc(-n2nc3ccc(NC(=O)COc4ccc(Cl)c(C)c4)cc3n2)cc1. The third-order valence-electron chi connectivity index (χ3n) is 4.47. The maximum Gasteiger partial charge on any atom is 0.262 e. The fourth-order valence-corrected chi connectivity index (χ4v) is 2.99. The molecule has 152 valence electrons. The third-order valence-corrected chi connectivity index (χ3v) is 4.89. The first-order valence-corrected chi connectivity index (χ1v) is 9.60. The van der Waals surface area contributed by atoms with Crippen LogP contribution in [0.2, 0.25) is 5.02 Å². The van der Waals surface area contributed by atoms with E-state index in [4.69, 9.17) is 21.1 Å². The lowest BCUT2D eigenvalue weighted by molar-refractivity contribution is -0.118. The van der Waals surface area contributed by atoms with Gasteiger partial charge in [-0.25, -0.2) is 0 Å². The molecule has 0 aliphatic heterocycles. The second-order valence-corrected chi connectivity index (χ2v) is 7.05. The molecule has 7 nitrogen and oxygen atoms in total. The van der Waals surface area contributed by atoms with Crippen molar-refractivity contribution in [3.05, 3.63) is 71.2 Å². The number of aromatic nitrogens is 3. The number of aryl methyl sites for hydroxylation is 1. The molecule has 0 saturated carbocycles. The second-order valence-electron chi connectivity index (χ2n) is 6.64. The van der Waals surface area contributed by atoms with Gasteiger partial charge in [0.2, 0.25) is 0 Å². The summed E-state index contributed by atoms with van der Waals surface area (Å²) >= 11 is 6.00. The van der Waals surface area contributed by atoms with E-state index in [1.165, 1.54) is 0 Å². The molecule has 3 aromatic carbocycles. The minimum atomic E-state index is -0.274. The van der Waals surface area contributed by atoms with Crippen molar-refractivity contribution in [2.45, 2.75) is 6.92 Å². The Labute approximate surface area is 178 Å². The lowest BCUT2D eigenvalue weighted by Crippen LogP contribution is -2.20. The molecule has 0 atom stereocenters. The number of nitrogens with one attached hydrogen (secondary N) is 1. The van der Waals surface area contributed by atoms with Gasteiger partial charge in [0.05, 0.1) is 12.8 Å². The average Bonchev–Trinajstić information content (AvgIpc) is 3.18. The molecule has 4 rings (SSSR count). The van der Waals surface area contributed by atoms with E-state index in [1.54, 1.807) is 48.3 Å². The summed E-state index contributed by atoms with van der Waals surface area (Å²) in [5.41, 5.74) is 3.70. The molecule has 0 spiro atoms. The largest absolute Gasteiger partial charge is 0.497 e. The maximum atomic E-state index is 12.2. The quantitative estimate of drug-likeness (QED) is 0.498. The predicted octanol–water partition coefficient (Wildman–Crippen LogP) is 4.41. The molecule has 0 radical (unpaired) electrons. The van der Waals surface area contributed by atoms with Crippen LogP contribution in [0.1, 0.15) is 5.56 Å². The number of anilines is 1. The van der Waals surface area contributed by atoms with Gasteiger partial charge in [0.1, 0.15) is 22.5 Å². The Bertz CT molecular complexity index is 1200. The maximum absolute atomic E-state index is 12.2. The van der Waals surface area contributed by atoms with E-state index in [0.29, 0.717) is 22.0 Å². The summed E-state index contributed by atoms with van der Waals surface area (Å²) in [5.74, 6) is 1.07. The van der Waals surface area contributed by atoms with Gasteiger partial charge in [-0.2, -0.15) is 4.80 Å². The van der Waals surface area contributed by atoms with Crippen molar-refractivity contribution in [1.82, 2.24) is 15.0 Å². The zero-order chi connectivity index (χ0) is 21.1. The number of nitrogens with zero attached hydrogens (tertiary/aromatic N) is 3. The number of amides is 1. The summed E-state index contributed by atoms with van der Waals surface area (Å²) < 4.78 is 10.7. The van der Waals surface area contributed by atoms with Crippen LogP contribution in [0.3, 0.4) is 0 Å². The second kappa shape index (κ2) is 8.42. The van der Waals surface area contributed by atoms with Crippen molar-refractivity contribution in [3.63, 3.8) is 0 Å². The Kier molecular flexibility index (Phi) is 5.54. The fourth-order valence-electron chi connectivity index (χ4n) is 2.88. The van der Waals surface area contributed by atoms with E-state index in [0.717, 1.165) is 22.5 Å². The molecule has 1 heterocycles. The summed E-state index contributed by atoms with van der Waals surface area (Å²) in [6, 6.07) is 18.0. The van der Waals surface area contributed by atoms with Gasteiger partial charge in [-0.1, -0.05) is 11.6 Å².